The van der Waals surface area contributed by atoms with Crippen LogP contribution in [0.1, 0.15) is 6.92 Å². The van der Waals surface area contributed by atoms with Crippen LogP contribution < -0.4 is 16.0 Å². The Hall–Kier alpha value is -2.59. The zero-order valence-electron chi connectivity index (χ0n) is 13.9. The lowest BCUT2D eigenvalue weighted by Crippen LogP contribution is -2.44. The zero-order valence-corrected chi connectivity index (χ0v) is 15.6. The molecule has 1 aromatic heterocycles. The van der Waals surface area contributed by atoms with Crippen molar-refractivity contribution >= 4 is 45.9 Å². The van der Waals surface area contributed by atoms with Crippen molar-refractivity contribution in [3.8, 4) is 0 Å². The van der Waals surface area contributed by atoms with Crippen LogP contribution in [0.3, 0.4) is 0 Å². The molecular formula is C16H17N5O3S2. The summed E-state index contributed by atoms with van der Waals surface area (Å²) in [4.78, 5) is 23.6. The van der Waals surface area contributed by atoms with Gasteiger partial charge in [-0.25, -0.2) is 9.59 Å². The Morgan fingerprint density at radius 1 is 1.35 bits per heavy atom. The summed E-state index contributed by atoms with van der Waals surface area (Å²) in [5.74, 6) is -0.0408. The van der Waals surface area contributed by atoms with Gasteiger partial charge in [0.15, 0.2) is 4.34 Å². The highest BCUT2D eigenvalue weighted by atomic mass is 32.2. The topological polar surface area (TPSA) is 105 Å². The smallest absolute Gasteiger partial charge is 0.337 e. The number of hydrogen-bond acceptors (Lipinski definition) is 8. The van der Waals surface area contributed by atoms with E-state index >= 15 is 0 Å². The van der Waals surface area contributed by atoms with Gasteiger partial charge in [0.1, 0.15) is 0 Å². The molecule has 10 heteroatoms. The Balaban J connectivity index is 1.65. The van der Waals surface area contributed by atoms with E-state index in [2.05, 4.69) is 26.1 Å². The van der Waals surface area contributed by atoms with E-state index in [1.807, 2.05) is 30.3 Å². The second-order valence-corrected chi connectivity index (χ2v) is 7.34. The quantitative estimate of drug-likeness (QED) is 0.492. The van der Waals surface area contributed by atoms with Crippen LogP contribution in [0.25, 0.3) is 0 Å². The van der Waals surface area contributed by atoms with Crippen molar-refractivity contribution in [2.45, 2.75) is 11.3 Å². The van der Waals surface area contributed by atoms with E-state index in [9.17, 15) is 9.59 Å². The molecule has 0 spiro atoms. The van der Waals surface area contributed by atoms with Crippen LogP contribution in [0.2, 0.25) is 0 Å². The first-order valence-corrected chi connectivity index (χ1v) is 9.68. The lowest BCUT2D eigenvalue weighted by atomic mass is 10.2. The first-order valence-electron chi connectivity index (χ1n) is 7.88. The summed E-state index contributed by atoms with van der Waals surface area (Å²) in [6.07, 6.45) is 0. The number of esters is 1. The largest absolute Gasteiger partial charge is 0.463 e. The molecule has 1 aliphatic heterocycles. The molecule has 0 radical (unpaired) electrons. The molecule has 0 saturated carbocycles. The third-order valence-corrected chi connectivity index (χ3v) is 5.35. The van der Waals surface area contributed by atoms with Gasteiger partial charge in [0, 0.05) is 17.1 Å². The van der Waals surface area contributed by atoms with Crippen molar-refractivity contribution in [3.63, 3.8) is 0 Å². The molecule has 0 saturated heterocycles. The predicted molar refractivity (Wildman–Crippen MR) is 101 cm³/mol. The van der Waals surface area contributed by atoms with Crippen molar-refractivity contribution in [1.29, 1.82) is 0 Å². The lowest BCUT2D eigenvalue weighted by Gasteiger charge is -2.20. The fourth-order valence-electron chi connectivity index (χ4n) is 2.17. The lowest BCUT2D eigenvalue weighted by molar-refractivity contribution is -0.138. The van der Waals surface area contributed by atoms with Crippen molar-refractivity contribution in [3.05, 3.63) is 41.6 Å². The highest BCUT2D eigenvalue weighted by Crippen LogP contribution is 2.29. The van der Waals surface area contributed by atoms with Crippen LogP contribution in [0.15, 0.2) is 45.9 Å². The normalized spacial score (nSPS) is 13.8. The van der Waals surface area contributed by atoms with Gasteiger partial charge in [-0.1, -0.05) is 41.3 Å². The Kier molecular flexibility index (Phi) is 6.08. The van der Waals surface area contributed by atoms with Crippen LogP contribution >= 0.6 is 23.1 Å². The van der Waals surface area contributed by atoms with Gasteiger partial charge in [0.2, 0.25) is 5.13 Å². The molecule has 2 aromatic rings. The number of thioether (sulfide) groups is 1. The summed E-state index contributed by atoms with van der Waals surface area (Å²) < 4.78 is 5.77. The van der Waals surface area contributed by atoms with Gasteiger partial charge in [-0.15, -0.1) is 10.2 Å². The Labute approximate surface area is 158 Å². The number of aromatic nitrogens is 2. The van der Waals surface area contributed by atoms with E-state index in [0.717, 1.165) is 10.0 Å². The van der Waals surface area contributed by atoms with Gasteiger partial charge in [-0.3, -0.25) is 0 Å². The maximum absolute atomic E-state index is 12.0. The Morgan fingerprint density at radius 3 is 2.92 bits per heavy atom. The number of ether oxygens (including phenoxy) is 1. The summed E-state index contributed by atoms with van der Waals surface area (Å²) in [7, 11) is 0. The minimum Gasteiger partial charge on any atom is -0.463 e. The molecule has 0 atom stereocenters. The highest BCUT2D eigenvalue weighted by molar-refractivity contribution is 8.01. The number of hydrogen-bond donors (Lipinski definition) is 3. The van der Waals surface area contributed by atoms with E-state index in [4.69, 9.17) is 4.74 Å². The van der Waals surface area contributed by atoms with Crippen LogP contribution in [-0.4, -0.2) is 41.1 Å². The van der Waals surface area contributed by atoms with Gasteiger partial charge < -0.3 is 20.7 Å². The van der Waals surface area contributed by atoms with E-state index in [0.29, 0.717) is 22.2 Å². The molecule has 0 aliphatic carbocycles. The van der Waals surface area contributed by atoms with Gasteiger partial charge in [-0.2, -0.15) is 0 Å². The first-order chi connectivity index (χ1) is 12.7. The van der Waals surface area contributed by atoms with Crippen molar-refractivity contribution in [2.24, 2.45) is 0 Å². The van der Waals surface area contributed by atoms with E-state index < -0.39 is 5.97 Å². The zero-order chi connectivity index (χ0) is 18.4. The van der Waals surface area contributed by atoms with Crippen molar-refractivity contribution < 1.29 is 14.3 Å². The first kappa shape index (κ1) is 18.2. The number of carbonyl (C=O) groups is 2. The van der Waals surface area contributed by atoms with Gasteiger partial charge >= 0.3 is 12.0 Å². The average molecular weight is 391 g/mol. The molecule has 1 aromatic carbocycles. The number of amides is 2. The third kappa shape index (κ3) is 4.73. The molecule has 136 valence electrons. The second kappa shape index (κ2) is 8.68. The molecule has 8 nitrogen and oxygen atoms in total. The molecular weight excluding hydrogens is 374 g/mol. The second-order valence-electron chi connectivity index (χ2n) is 5.14. The van der Waals surface area contributed by atoms with Crippen LogP contribution in [0.5, 0.6) is 0 Å². The number of para-hydroxylation sites is 1. The van der Waals surface area contributed by atoms with Crippen LogP contribution in [0, 0.1) is 0 Å². The molecule has 0 unspecified atom stereocenters. The predicted octanol–water partition coefficient (Wildman–Crippen LogP) is 2.50. The summed E-state index contributed by atoms with van der Waals surface area (Å²) in [5.41, 5.74) is 1.88. The molecule has 2 amide bonds. The molecule has 0 fully saturated rings. The number of benzene rings is 1. The van der Waals surface area contributed by atoms with E-state index in [1.54, 1.807) is 6.92 Å². The molecule has 2 heterocycles. The number of anilines is 2. The van der Waals surface area contributed by atoms with Crippen molar-refractivity contribution in [2.75, 3.05) is 24.2 Å². The fraction of sp³-hybridized carbons (Fsp3) is 0.250. The number of urea groups is 1. The van der Waals surface area contributed by atoms with Crippen molar-refractivity contribution in [1.82, 2.24) is 20.8 Å². The Bertz CT molecular complexity index is 822. The summed E-state index contributed by atoms with van der Waals surface area (Å²) >= 11 is 2.80. The maximum atomic E-state index is 12.0. The third-order valence-electron chi connectivity index (χ3n) is 3.35. The van der Waals surface area contributed by atoms with Crippen LogP contribution in [-0.2, 0) is 9.53 Å². The average Bonchev–Trinajstić information content (AvgIpc) is 3.08. The fourth-order valence-corrected chi connectivity index (χ4v) is 3.93. The molecule has 3 rings (SSSR count). The van der Waals surface area contributed by atoms with Gasteiger partial charge in [0.25, 0.3) is 0 Å². The number of nitrogens with zero attached hydrogens (tertiary/aromatic N) is 2. The van der Waals surface area contributed by atoms with E-state index in [-0.39, 0.29) is 19.2 Å². The summed E-state index contributed by atoms with van der Waals surface area (Å²) in [6.45, 7) is 2.17. The highest BCUT2D eigenvalue weighted by Gasteiger charge is 2.24. The van der Waals surface area contributed by atoms with Gasteiger partial charge in [0.05, 0.1) is 18.7 Å². The standard InChI is InChI=1S/C16H17N5O3S2/c1-2-24-13(22)11-8-17-14(23)19-12(11)9-25-16-21-20-15(26-16)18-10-6-4-3-5-7-10/h3-7H,2,8-9H2,1H3,(H,18,20)(H2,17,19,23). The SMILES string of the molecule is CCOC(=O)C1=C(CSc2nnc(Nc3ccccc3)s2)NC(=O)NC1. The Morgan fingerprint density at radius 2 is 2.15 bits per heavy atom. The molecule has 3 N–H and O–H groups in total. The van der Waals surface area contributed by atoms with Crippen LogP contribution in [0.4, 0.5) is 15.6 Å². The summed E-state index contributed by atoms with van der Waals surface area (Å²) in [6, 6.07) is 9.35. The molecule has 0 bridgehead atoms. The number of rotatable bonds is 7. The minimum atomic E-state index is -0.431. The monoisotopic (exact) mass is 391 g/mol. The van der Waals surface area contributed by atoms with Gasteiger partial charge in [-0.05, 0) is 19.1 Å². The van der Waals surface area contributed by atoms with E-state index in [1.165, 1.54) is 23.1 Å². The summed E-state index contributed by atoms with van der Waals surface area (Å²) in [5, 5.41) is 17.3. The number of nitrogens with one attached hydrogen (secondary N) is 3. The molecule has 1 aliphatic rings. The maximum Gasteiger partial charge on any atom is 0.337 e. The number of carbonyl (C=O) groups excluding carboxylic acids is 2. The molecule has 26 heavy (non-hydrogen) atoms. The minimum absolute atomic E-state index is 0.150.